The van der Waals surface area contributed by atoms with Gasteiger partial charge in [-0.05, 0) is 37.8 Å². The number of aromatic nitrogens is 2. The van der Waals surface area contributed by atoms with Crippen molar-refractivity contribution in [2.24, 2.45) is 5.92 Å². The number of hydrogen-bond donors (Lipinski definition) is 1. The number of nitrogens with zero attached hydrogens (tertiary/aromatic N) is 3. The van der Waals surface area contributed by atoms with E-state index in [4.69, 9.17) is 23.2 Å². The molecule has 1 atom stereocenters. The van der Waals surface area contributed by atoms with Crippen molar-refractivity contribution in [3.05, 3.63) is 21.9 Å². The highest BCUT2D eigenvalue weighted by Crippen LogP contribution is 2.31. The average molecular weight is 315 g/mol. The summed E-state index contributed by atoms with van der Waals surface area (Å²) in [7, 11) is 0. The van der Waals surface area contributed by atoms with E-state index in [9.17, 15) is 4.79 Å². The Kier molecular flexibility index (Phi) is 4.10. The van der Waals surface area contributed by atoms with Gasteiger partial charge in [-0.1, -0.05) is 23.2 Å². The molecular weight excluding hydrogens is 299 g/mol. The minimum Gasteiger partial charge on any atom is -0.352 e. The summed E-state index contributed by atoms with van der Waals surface area (Å²) in [5.41, 5.74) is 0.281. The van der Waals surface area contributed by atoms with Gasteiger partial charge in [-0.25, -0.2) is 0 Å². The lowest BCUT2D eigenvalue weighted by atomic mass is 10.1. The van der Waals surface area contributed by atoms with Crippen LogP contribution >= 0.6 is 23.2 Å². The molecule has 0 spiro atoms. The molecule has 1 aliphatic carbocycles. The van der Waals surface area contributed by atoms with E-state index in [1.807, 2.05) is 0 Å². The molecular formula is C13H16Cl2N4O. The van der Waals surface area contributed by atoms with Gasteiger partial charge in [-0.3, -0.25) is 4.79 Å². The van der Waals surface area contributed by atoms with Gasteiger partial charge in [0, 0.05) is 19.1 Å². The third-order valence-electron chi connectivity index (χ3n) is 3.90. The zero-order chi connectivity index (χ0) is 14.1. The third-order valence-corrected chi connectivity index (χ3v) is 4.36. The Hall–Kier alpha value is -0.910. The number of likely N-dealkylation sites (tertiary alicyclic amines) is 1. The first-order valence-electron chi connectivity index (χ1n) is 6.84. The minimum absolute atomic E-state index is 0.0814. The van der Waals surface area contributed by atoms with Gasteiger partial charge in [0.05, 0.1) is 5.56 Å². The van der Waals surface area contributed by atoms with Gasteiger partial charge in [0.15, 0.2) is 10.3 Å². The molecule has 7 heteroatoms. The minimum atomic E-state index is -0.239. The molecule has 1 amide bonds. The van der Waals surface area contributed by atoms with E-state index in [0.717, 1.165) is 25.6 Å². The smallest absolute Gasteiger partial charge is 0.254 e. The largest absolute Gasteiger partial charge is 0.352 e. The number of carbonyl (C=O) groups is 1. The predicted octanol–water partition coefficient (Wildman–Crippen LogP) is 2.00. The van der Waals surface area contributed by atoms with Crippen LogP contribution in [0.3, 0.4) is 0 Å². The van der Waals surface area contributed by atoms with Gasteiger partial charge < -0.3 is 10.2 Å². The van der Waals surface area contributed by atoms with E-state index >= 15 is 0 Å². The van der Waals surface area contributed by atoms with Gasteiger partial charge in [0.1, 0.15) is 0 Å². The van der Waals surface area contributed by atoms with E-state index < -0.39 is 0 Å². The maximum Gasteiger partial charge on any atom is 0.254 e. The highest BCUT2D eigenvalue weighted by molar-refractivity contribution is 6.34. The zero-order valence-electron chi connectivity index (χ0n) is 11.0. The van der Waals surface area contributed by atoms with Crippen molar-refractivity contribution in [1.29, 1.82) is 0 Å². The van der Waals surface area contributed by atoms with Crippen molar-refractivity contribution in [1.82, 2.24) is 20.4 Å². The molecule has 1 saturated heterocycles. The van der Waals surface area contributed by atoms with Crippen LogP contribution in [-0.4, -0.2) is 46.7 Å². The van der Waals surface area contributed by atoms with Crippen LogP contribution in [-0.2, 0) is 0 Å². The molecule has 1 N–H and O–H groups in total. The first kappa shape index (κ1) is 14.0. The molecule has 1 saturated carbocycles. The van der Waals surface area contributed by atoms with Crippen LogP contribution in [0.1, 0.15) is 29.6 Å². The van der Waals surface area contributed by atoms with E-state index in [1.54, 1.807) is 0 Å². The predicted molar refractivity (Wildman–Crippen MR) is 77.1 cm³/mol. The molecule has 1 aromatic heterocycles. The third kappa shape index (κ3) is 3.22. The molecule has 5 nitrogen and oxygen atoms in total. The molecule has 108 valence electrons. The van der Waals surface area contributed by atoms with Crippen molar-refractivity contribution in [2.45, 2.75) is 25.3 Å². The topological polar surface area (TPSA) is 58.1 Å². The Balaban J connectivity index is 1.53. The summed E-state index contributed by atoms with van der Waals surface area (Å²) in [6.45, 7) is 2.89. The molecule has 1 aromatic rings. The second kappa shape index (κ2) is 5.84. The van der Waals surface area contributed by atoms with E-state index in [0.29, 0.717) is 12.5 Å². The highest BCUT2D eigenvalue weighted by Gasteiger charge is 2.34. The molecule has 2 heterocycles. The standard InChI is InChI=1S/C13H16Cl2N4O/c14-11-5-10(12(15)18-17-11)13(20)16-6-8-3-4-19(7-8)9-1-2-9/h5,8-9H,1-4,6-7H2,(H,16,20). The lowest BCUT2D eigenvalue weighted by Gasteiger charge is -2.15. The molecule has 0 radical (unpaired) electrons. The summed E-state index contributed by atoms with van der Waals surface area (Å²) in [6.07, 6.45) is 3.80. The van der Waals surface area contributed by atoms with Crippen LogP contribution in [0.4, 0.5) is 0 Å². The van der Waals surface area contributed by atoms with Crippen LogP contribution < -0.4 is 5.32 Å². The Bertz CT molecular complexity index is 521. The van der Waals surface area contributed by atoms with Crippen LogP contribution in [0.25, 0.3) is 0 Å². The fourth-order valence-electron chi connectivity index (χ4n) is 2.65. The molecule has 2 fully saturated rings. The second-order valence-corrected chi connectivity index (χ2v) is 6.21. The number of halogens is 2. The molecule has 1 aliphatic heterocycles. The Morgan fingerprint density at radius 1 is 1.35 bits per heavy atom. The summed E-state index contributed by atoms with van der Waals surface area (Å²) in [4.78, 5) is 14.6. The first-order chi connectivity index (χ1) is 9.63. The normalized spacial score (nSPS) is 23.0. The summed E-state index contributed by atoms with van der Waals surface area (Å²) in [5.74, 6) is 0.278. The van der Waals surface area contributed by atoms with Crippen molar-refractivity contribution in [2.75, 3.05) is 19.6 Å². The first-order valence-corrected chi connectivity index (χ1v) is 7.60. The number of carbonyl (C=O) groups excluding carboxylic acids is 1. The lowest BCUT2D eigenvalue weighted by molar-refractivity contribution is 0.0947. The van der Waals surface area contributed by atoms with Crippen molar-refractivity contribution in [3.8, 4) is 0 Å². The average Bonchev–Trinajstić information content (AvgIpc) is 3.18. The fourth-order valence-corrected chi connectivity index (χ4v) is 2.97. The van der Waals surface area contributed by atoms with Crippen LogP contribution in [0.15, 0.2) is 6.07 Å². The Labute approximate surface area is 127 Å². The number of amides is 1. The monoisotopic (exact) mass is 314 g/mol. The molecule has 2 aliphatic rings. The second-order valence-electron chi connectivity index (χ2n) is 5.46. The van der Waals surface area contributed by atoms with Gasteiger partial charge in [0.2, 0.25) is 0 Å². The fraction of sp³-hybridized carbons (Fsp3) is 0.615. The van der Waals surface area contributed by atoms with E-state index in [2.05, 4.69) is 20.4 Å². The molecule has 3 rings (SSSR count). The molecule has 1 unspecified atom stereocenters. The summed E-state index contributed by atoms with van der Waals surface area (Å²) in [5, 5.41) is 10.4. The zero-order valence-corrected chi connectivity index (χ0v) is 12.5. The number of hydrogen-bond acceptors (Lipinski definition) is 4. The van der Waals surface area contributed by atoms with Crippen LogP contribution in [0.2, 0.25) is 10.3 Å². The summed E-state index contributed by atoms with van der Waals surface area (Å²) in [6, 6.07) is 2.24. The maximum atomic E-state index is 12.1. The van der Waals surface area contributed by atoms with Gasteiger partial charge in [-0.15, -0.1) is 10.2 Å². The quantitative estimate of drug-likeness (QED) is 0.923. The molecule has 0 bridgehead atoms. The molecule has 0 aromatic carbocycles. The van der Waals surface area contributed by atoms with E-state index in [-0.39, 0.29) is 21.8 Å². The lowest BCUT2D eigenvalue weighted by Crippen LogP contribution is -2.31. The van der Waals surface area contributed by atoms with Crippen LogP contribution in [0, 0.1) is 5.92 Å². The Morgan fingerprint density at radius 3 is 2.90 bits per heavy atom. The van der Waals surface area contributed by atoms with E-state index in [1.165, 1.54) is 18.9 Å². The number of rotatable bonds is 4. The van der Waals surface area contributed by atoms with Gasteiger partial charge >= 0.3 is 0 Å². The molecule has 20 heavy (non-hydrogen) atoms. The SMILES string of the molecule is O=C(NCC1CCN(C2CC2)C1)c1cc(Cl)nnc1Cl. The van der Waals surface area contributed by atoms with Crippen LogP contribution in [0.5, 0.6) is 0 Å². The van der Waals surface area contributed by atoms with Crippen molar-refractivity contribution < 1.29 is 4.79 Å². The Morgan fingerprint density at radius 2 is 2.15 bits per heavy atom. The summed E-state index contributed by atoms with van der Waals surface area (Å²) >= 11 is 11.6. The maximum absolute atomic E-state index is 12.1. The number of nitrogens with one attached hydrogen (secondary N) is 1. The van der Waals surface area contributed by atoms with Crippen molar-refractivity contribution in [3.63, 3.8) is 0 Å². The van der Waals surface area contributed by atoms with Gasteiger partial charge in [-0.2, -0.15) is 0 Å². The highest BCUT2D eigenvalue weighted by atomic mass is 35.5. The van der Waals surface area contributed by atoms with Gasteiger partial charge in [0.25, 0.3) is 5.91 Å². The van der Waals surface area contributed by atoms with Crippen molar-refractivity contribution >= 4 is 29.1 Å². The summed E-state index contributed by atoms with van der Waals surface area (Å²) < 4.78 is 0.